The van der Waals surface area contributed by atoms with Gasteiger partial charge in [0.1, 0.15) is 0 Å². The van der Waals surface area contributed by atoms with Gasteiger partial charge in [0.05, 0.1) is 6.20 Å². The minimum atomic E-state index is 0.412. The van der Waals surface area contributed by atoms with Gasteiger partial charge in [-0.1, -0.05) is 23.7 Å². The van der Waals surface area contributed by atoms with E-state index in [2.05, 4.69) is 57.9 Å². The number of halogens is 1. The maximum Gasteiger partial charge on any atom is 0.249 e. The molecule has 5 nitrogen and oxygen atoms in total. The minimum absolute atomic E-state index is 0.412. The average Bonchev–Trinajstić information content (AvgIpc) is 2.50. The average molecular weight is 340 g/mol. The first-order valence-electron chi connectivity index (χ1n) is 7.58. The normalized spacial score (nSPS) is 10.5. The second-order valence-electron chi connectivity index (χ2n) is 5.75. The van der Waals surface area contributed by atoms with Gasteiger partial charge in [0, 0.05) is 16.4 Å². The molecular formula is C18H18ClN5. The topological polar surface area (TPSA) is 62.7 Å². The number of hydrogen-bond acceptors (Lipinski definition) is 5. The maximum atomic E-state index is 6.04. The molecule has 0 saturated heterocycles. The number of rotatable bonds is 4. The van der Waals surface area contributed by atoms with Crippen LogP contribution in [0.25, 0.3) is 0 Å². The molecule has 0 saturated carbocycles. The van der Waals surface area contributed by atoms with Gasteiger partial charge in [-0.25, -0.2) is 0 Å². The van der Waals surface area contributed by atoms with Crippen LogP contribution in [-0.4, -0.2) is 15.2 Å². The van der Waals surface area contributed by atoms with Crippen molar-refractivity contribution >= 4 is 34.7 Å². The Labute approximate surface area is 146 Å². The van der Waals surface area contributed by atoms with E-state index < -0.39 is 0 Å². The highest BCUT2D eigenvalue weighted by molar-refractivity contribution is 6.30. The fraction of sp³-hybridized carbons (Fsp3) is 0.167. The second-order valence-corrected chi connectivity index (χ2v) is 6.19. The molecule has 3 aromatic rings. The molecule has 1 heterocycles. The Bertz CT molecular complexity index is 859. The predicted molar refractivity (Wildman–Crippen MR) is 98.5 cm³/mol. The number of benzene rings is 2. The third-order valence-corrected chi connectivity index (χ3v) is 3.73. The molecule has 2 aromatic carbocycles. The fourth-order valence-electron chi connectivity index (χ4n) is 2.46. The summed E-state index contributed by atoms with van der Waals surface area (Å²) in [6.45, 7) is 6.11. The Morgan fingerprint density at radius 3 is 2.42 bits per heavy atom. The van der Waals surface area contributed by atoms with E-state index in [9.17, 15) is 0 Å². The van der Waals surface area contributed by atoms with Crippen molar-refractivity contribution in [3.63, 3.8) is 0 Å². The molecule has 3 rings (SSSR count). The summed E-state index contributed by atoms with van der Waals surface area (Å²) in [5.41, 5.74) is 5.25. The van der Waals surface area contributed by atoms with Crippen molar-refractivity contribution < 1.29 is 0 Å². The van der Waals surface area contributed by atoms with Crippen molar-refractivity contribution in [2.24, 2.45) is 0 Å². The van der Waals surface area contributed by atoms with Gasteiger partial charge in [0.25, 0.3) is 0 Å². The van der Waals surface area contributed by atoms with Crippen LogP contribution in [0.2, 0.25) is 5.02 Å². The van der Waals surface area contributed by atoms with Crippen LogP contribution >= 0.6 is 11.6 Å². The Morgan fingerprint density at radius 2 is 1.67 bits per heavy atom. The van der Waals surface area contributed by atoms with Crippen molar-refractivity contribution in [3.05, 3.63) is 64.3 Å². The monoisotopic (exact) mass is 339 g/mol. The molecule has 0 radical (unpaired) electrons. The van der Waals surface area contributed by atoms with Crippen molar-refractivity contribution in [3.8, 4) is 0 Å². The standard InChI is InChI=1S/C18H18ClN5/c1-11-6-12(2)8-15(7-11)21-17-10-20-24-18(23-17)22-16-9-14(19)5-4-13(16)3/h4-10H,1-3H3,(H2,21,22,23,24). The first kappa shape index (κ1) is 16.2. The summed E-state index contributed by atoms with van der Waals surface area (Å²) in [5.74, 6) is 1.03. The Hall–Kier alpha value is -2.66. The fourth-order valence-corrected chi connectivity index (χ4v) is 2.63. The largest absolute Gasteiger partial charge is 0.339 e. The maximum absolute atomic E-state index is 6.04. The molecule has 122 valence electrons. The molecule has 24 heavy (non-hydrogen) atoms. The lowest BCUT2D eigenvalue weighted by Crippen LogP contribution is -2.03. The number of anilines is 4. The van der Waals surface area contributed by atoms with E-state index in [1.54, 1.807) is 6.20 Å². The number of nitrogens with one attached hydrogen (secondary N) is 2. The van der Waals surface area contributed by atoms with Crippen LogP contribution < -0.4 is 10.6 Å². The van der Waals surface area contributed by atoms with Crippen molar-refractivity contribution in [1.29, 1.82) is 0 Å². The van der Waals surface area contributed by atoms with E-state index in [0.29, 0.717) is 16.8 Å². The zero-order chi connectivity index (χ0) is 17.1. The molecule has 0 aliphatic carbocycles. The highest BCUT2D eigenvalue weighted by Gasteiger charge is 2.05. The number of hydrogen-bond donors (Lipinski definition) is 2. The first-order valence-corrected chi connectivity index (χ1v) is 7.95. The van der Waals surface area contributed by atoms with Gasteiger partial charge >= 0.3 is 0 Å². The summed E-state index contributed by atoms with van der Waals surface area (Å²) in [4.78, 5) is 4.45. The summed E-state index contributed by atoms with van der Waals surface area (Å²) in [7, 11) is 0. The number of aromatic nitrogens is 3. The van der Waals surface area contributed by atoms with E-state index in [4.69, 9.17) is 11.6 Å². The Kier molecular flexibility index (Phi) is 4.62. The van der Waals surface area contributed by atoms with Gasteiger partial charge in [-0.15, -0.1) is 5.10 Å². The van der Waals surface area contributed by atoms with Gasteiger partial charge in [-0.05, 0) is 61.7 Å². The van der Waals surface area contributed by atoms with Crippen LogP contribution in [0.4, 0.5) is 23.1 Å². The van der Waals surface area contributed by atoms with E-state index in [0.717, 1.165) is 16.9 Å². The zero-order valence-corrected chi connectivity index (χ0v) is 14.5. The summed E-state index contributed by atoms with van der Waals surface area (Å²) in [6, 6.07) is 11.9. The lowest BCUT2D eigenvalue weighted by molar-refractivity contribution is 0.981. The summed E-state index contributed by atoms with van der Waals surface area (Å²) >= 11 is 6.04. The molecule has 0 fully saturated rings. The van der Waals surface area contributed by atoms with Crippen LogP contribution in [0, 0.1) is 20.8 Å². The molecule has 6 heteroatoms. The second kappa shape index (κ2) is 6.84. The van der Waals surface area contributed by atoms with Crippen molar-refractivity contribution in [1.82, 2.24) is 15.2 Å². The van der Waals surface area contributed by atoms with Crippen LogP contribution in [0.3, 0.4) is 0 Å². The van der Waals surface area contributed by atoms with Gasteiger partial charge in [-0.3, -0.25) is 0 Å². The van der Waals surface area contributed by atoms with Gasteiger partial charge in [-0.2, -0.15) is 10.1 Å². The highest BCUT2D eigenvalue weighted by Crippen LogP contribution is 2.23. The number of nitrogens with zero attached hydrogens (tertiary/aromatic N) is 3. The summed E-state index contributed by atoms with van der Waals surface area (Å²) in [6.07, 6.45) is 1.59. The van der Waals surface area contributed by atoms with Gasteiger partial charge in [0.2, 0.25) is 5.95 Å². The lowest BCUT2D eigenvalue weighted by atomic mass is 10.1. The third-order valence-electron chi connectivity index (χ3n) is 3.50. The molecule has 1 aromatic heterocycles. The molecule has 0 unspecified atom stereocenters. The van der Waals surface area contributed by atoms with Gasteiger partial charge < -0.3 is 10.6 Å². The van der Waals surface area contributed by atoms with Crippen LogP contribution in [0.1, 0.15) is 16.7 Å². The van der Waals surface area contributed by atoms with Crippen LogP contribution in [-0.2, 0) is 0 Å². The van der Waals surface area contributed by atoms with Crippen LogP contribution in [0.5, 0.6) is 0 Å². The predicted octanol–water partition coefficient (Wildman–Crippen LogP) is 4.94. The molecule has 0 spiro atoms. The van der Waals surface area contributed by atoms with Crippen LogP contribution in [0.15, 0.2) is 42.6 Å². The molecule has 0 aliphatic rings. The third kappa shape index (κ3) is 4.00. The first-order chi connectivity index (χ1) is 11.5. The van der Waals surface area contributed by atoms with E-state index in [1.165, 1.54) is 11.1 Å². The molecule has 0 atom stereocenters. The van der Waals surface area contributed by atoms with Gasteiger partial charge in [0.15, 0.2) is 5.82 Å². The summed E-state index contributed by atoms with van der Waals surface area (Å²) < 4.78 is 0. The Balaban J connectivity index is 1.82. The highest BCUT2D eigenvalue weighted by atomic mass is 35.5. The molecular weight excluding hydrogens is 322 g/mol. The Morgan fingerprint density at radius 1 is 0.917 bits per heavy atom. The van der Waals surface area contributed by atoms with E-state index in [-0.39, 0.29) is 0 Å². The molecule has 0 bridgehead atoms. The van der Waals surface area contributed by atoms with E-state index >= 15 is 0 Å². The lowest BCUT2D eigenvalue weighted by Gasteiger charge is -2.10. The number of aryl methyl sites for hydroxylation is 3. The molecule has 0 aliphatic heterocycles. The molecule has 0 amide bonds. The summed E-state index contributed by atoms with van der Waals surface area (Å²) in [5, 5.41) is 15.1. The quantitative estimate of drug-likeness (QED) is 0.705. The zero-order valence-electron chi connectivity index (χ0n) is 13.8. The molecule has 2 N–H and O–H groups in total. The smallest absolute Gasteiger partial charge is 0.249 e. The SMILES string of the molecule is Cc1cc(C)cc(Nc2cnnc(Nc3cc(Cl)ccc3C)n2)c1. The van der Waals surface area contributed by atoms with Crippen molar-refractivity contribution in [2.45, 2.75) is 20.8 Å². The van der Waals surface area contributed by atoms with E-state index in [1.807, 2.05) is 25.1 Å². The van der Waals surface area contributed by atoms with Crippen molar-refractivity contribution in [2.75, 3.05) is 10.6 Å². The minimum Gasteiger partial charge on any atom is -0.339 e.